The summed E-state index contributed by atoms with van der Waals surface area (Å²) >= 11 is 0. The number of nitrogens with one attached hydrogen (secondary N) is 2. The number of fused-ring (bicyclic) bond motifs is 1. The van der Waals surface area contributed by atoms with Gasteiger partial charge in [0.15, 0.2) is 0 Å². The van der Waals surface area contributed by atoms with Crippen molar-refractivity contribution in [2.75, 3.05) is 33.2 Å². The number of likely N-dealkylation sites (N-methyl/N-ethyl adjacent to an activating group) is 1. The second-order valence-electron chi connectivity index (χ2n) is 5.85. The number of carbonyl (C=O) groups excluding carboxylic acids is 1. The number of amides is 1. The first kappa shape index (κ1) is 19.2. The third-order valence-corrected chi connectivity index (χ3v) is 4.26. The van der Waals surface area contributed by atoms with E-state index in [1.165, 1.54) is 0 Å². The van der Waals surface area contributed by atoms with Gasteiger partial charge in [-0.1, -0.05) is 0 Å². The third kappa shape index (κ3) is 3.78. The smallest absolute Gasteiger partial charge is 0.276 e. The lowest BCUT2D eigenvalue weighted by Gasteiger charge is -2.33. The van der Waals surface area contributed by atoms with E-state index in [1.54, 1.807) is 12.3 Å². The highest BCUT2D eigenvalue weighted by atomic mass is 35.5. The first-order chi connectivity index (χ1) is 11.2. The summed E-state index contributed by atoms with van der Waals surface area (Å²) in [4.78, 5) is 28.4. The minimum atomic E-state index is -0.155. The molecule has 9 heteroatoms. The average molecular weight is 383 g/mol. The zero-order valence-electron chi connectivity index (χ0n) is 13.7. The summed E-state index contributed by atoms with van der Waals surface area (Å²) < 4.78 is 0. The predicted octanol–water partition coefficient (Wildman–Crippen LogP) is 1.48. The van der Waals surface area contributed by atoms with Crippen LogP contribution in [0.25, 0.3) is 17.1 Å². The van der Waals surface area contributed by atoms with E-state index in [0.29, 0.717) is 11.7 Å². The molecule has 0 spiro atoms. The Morgan fingerprint density at radius 3 is 2.72 bits per heavy atom. The van der Waals surface area contributed by atoms with Crippen LogP contribution in [0.3, 0.4) is 0 Å². The van der Waals surface area contributed by atoms with Crippen LogP contribution >= 0.6 is 24.8 Å². The number of aromatic nitrogens is 2. The van der Waals surface area contributed by atoms with Crippen LogP contribution in [-0.4, -0.2) is 64.9 Å². The van der Waals surface area contributed by atoms with Crippen LogP contribution in [0.5, 0.6) is 0 Å². The molecule has 2 aliphatic rings. The molecule has 0 radical (unpaired) electrons. The summed E-state index contributed by atoms with van der Waals surface area (Å²) in [5, 5.41) is 3.86. The summed E-state index contributed by atoms with van der Waals surface area (Å²) in [6, 6.07) is 3.86. The maximum absolute atomic E-state index is 12.2. The van der Waals surface area contributed by atoms with E-state index < -0.39 is 0 Å². The number of halogens is 2. The maximum Gasteiger partial charge on any atom is 0.276 e. The molecule has 7 nitrogen and oxygen atoms in total. The largest absolute Gasteiger partial charge is 0.346 e. The molecule has 2 aromatic rings. The summed E-state index contributed by atoms with van der Waals surface area (Å²) in [7, 11) is 2.10. The summed E-state index contributed by atoms with van der Waals surface area (Å²) in [6.45, 7) is 3.70. The first-order valence-corrected chi connectivity index (χ1v) is 7.68. The topological polar surface area (TPSA) is 76.6 Å². The molecular formula is C16H20Cl2N6O. The maximum atomic E-state index is 12.2. The fraction of sp³-hybridized carbons (Fsp3) is 0.312. The third-order valence-electron chi connectivity index (χ3n) is 4.26. The number of rotatable bonds is 1. The van der Waals surface area contributed by atoms with Gasteiger partial charge in [0.05, 0.1) is 0 Å². The molecule has 1 saturated heterocycles. The van der Waals surface area contributed by atoms with Crippen LogP contribution in [0.4, 0.5) is 0 Å². The van der Waals surface area contributed by atoms with E-state index in [-0.39, 0.29) is 30.7 Å². The zero-order valence-corrected chi connectivity index (χ0v) is 15.4. The van der Waals surface area contributed by atoms with Gasteiger partial charge in [-0.15, -0.1) is 24.8 Å². The SMILES string of the molecule is CN1CCN(C2=NC(=Cc3c[nH]c4ncccc34)C(=O)N2)CC1.Cl.Cl. The molecule has 1 amide bonds. The molecule has 134 valence electrons. The Hall–Kier alpha value is -2.09. The van der Waals surface area contributed by atoms with E-state index in [9.17, 15) is 4.79 Å². The van der Waals surface area contributed by atoms with Crippen molar-refractivity contribution in [2.24, 2.45) is 4.99 Å². The van der Waals surface area contributed by atoms with Crippen LogP contribution < -0.4 is 5.32 Å². The van der Waals surface area contributed by atoms with Gasteiger partial charge in [-0.05, 0) is 25.3 Å². The molecule has 0 aromatic carbocycles. The van der Waals surface area contributed by atoms with Crippen molar-refractivity contribution in [1.82, 2.24) is 25.1 Å². The van der Waals surface area contributed by atoms with Crippen LogP contribution in [0.2, 0.25) is 0 Å². The molecule has 2 aromatic heterocycles. The molecule has 0 atom stereocenters. The highest BCUT2D eigenvalue weighted by Crippen LogP contribution is 2.20. The highest BCUT2D eigenvalue weighted by Gasteiger charge is 2.26. The van der Waals surface area contributed by atoms with Gasteiger partial charge < -0.3 is 14.8 Å². The van der Waals surface area contributed by atoms with Gasteiger partial charge >= 0.3 is 0 Å². The molecule has 0 aliphatic carbocycles. The number of pyridine rings is 1. The molecule has 2 aliphatic heterocycles. The minimum Gasteiger partial charge on any atom is -0.346 e. The Bertz CT molecular complexity index is 823. The van der Waals surface area contributed by atoms with E-state index in [4.69, 9.17) is 0 Å². The van der Waals surface area contributed by atoms with Gasteiger partial charge in [-0.25, -0.2) is 9.98 Å². The minimum absolute atomic E-state index is 0. The van der Waals surface area contributed by atoms with Crippen molar-refractivity contribution in [3.63, 3.8) is 0 Å². The number of hydrogen-bond acceptors (Lipinski definition) is 5. The number of aromatic amines is 1. The number of hydrogen-bond donors (Lipinski definition) is 2. The Labute approximate surface area is 158 Å². The lowest BCUT2D eigenvalue weighted by atomic mass is 10.2. The molecule has 4 rings (SSSR count). The second kappa shape index (κ2) is 7.86. The average Bonchev–Trinajstić information content (AvgIpc) is 3.13. The van der Waals surface area contributed by atoms with Gasteiger partial charge in [-0.2, -0.15) is 0 Å². The Balaban J connectivity index is 0.00000113. The molecule has 1 fully saturated rings. The molecule has 25 heavy (non-hydrogen) atoms. The monoisotopic (exact) mass is 382 g/mol. The molecule has 0 unspecified atom stereocenters. The number of nitrogens with zero attached hydrogens (tertiary/aromatic N) is 4. The lowest BCUT2D eigenvalue weighted by Crippen LogP contribution is -2.50. The fourth-order valence-electron chi connectivity index (χ4n) is 2.87. The molecule has 2 N–H and O–H groups in total. The van der Waals surface area contributed by atoms with Crippen molar-refractivity contribution < 1.29 is 4.79 Å². The Kier molecular flexibility index (Phi) is 6.05. The van der Waals surface area contributed by atoms with Crippen LogP contribution in [0, 0.1) is 0 Å². The number of carbonyl (C=O) groups is 1. The van der Waals surface area contributed by atoms with Gasteiger partial charge in [-0.3, -0.25) is 10.1 Å². The fourth-order valence-corrected chi connectivity index (χ4v) is 2.87. The first-order valence-electron chi connectivity index (χ1n) is 7.68. The Morgan fingerprint density at radius 1 is 1.20 bits per heavy atom. The quantitative estimate of drug-likeness (QED) is 0.732. The highest BCUT2D eigenvalue weighted by molar-refractivity contribution is 6.14. The van der Waals surface area contributed by atoms with Gasteiger partial charge in [0.25, 0.3) is 5.91 Å². The molecular weight excluding hydrogens is 363 g/mol. The van der Waals surface area contributed by atoms with E-state index in [1.807, 2.05) is 18.3 Å². The van der Waals surface area contributed by atoms with Crippen molar-refractivity contribution in [3.8, 4) is 0 Å². The standard InChI is InChI=1S/C16H18N6O.2ClH/c1-21-5-7-22(8-6-21)16-19-13(15(23)20-16)9-11-10-18-14-12(11)3-2-4-17-14;;/h2-4,9-10H,5-8H2,1H3,(H,17,18)(H,19,20,23);2*1H. The molecule has 0 bridgehead atoms. The van der Waals surface area contributed by atoms with E-state index in [0.717, 1.165) is 42.8 Å². The summed E-state index contributed by atoms with van der Waals surface area (Å²) in [5.74, 6) is 0.504. The molecule has 4 heterocycles. The van der Waals surface area contributed by atoms with Gasteiger partial charge in [0.2, 0.25) is 5.96 Å². The zero-order chi connectivity index (χ0) is 15.8. The normalized spacial score (nSPS) is 19.4. The summed E-state index contributed by atoms with van der Waals surface area (Å²) in [5.41, 5.74) is 2.16. The molecule has 0 saturated carbocycles. The number of guanidine groups is 1. The van der Waals surface area contributed by atoms with Crippen molar-refractivity contribution in [2.45, 2.75) is 0 Å². The number of piperazine rings is 1. The number of aliphatic imine (C=N–C) groups is 1. The van der Waals surface area contributed by atoms with Crippen molar-refractivity contribution in [3.05, 3.63) is 35.8 Å². The lowest BCUT2D eigenvalue weighted by molar-refractivity contribution is -0.115. The van der Waals surface area contributed by atoms with Gasteiger partial charge in [0, 0.05) is 49.5 Å². The van der Waals surface area contributed by atoms with Gasteiger partial charge in [0.1, 0.15) is 11.3 Å². The van der Waals surface area contributed by atoms with Crippen molar-refractivity contribution >= 4 is 53.8 Å². The Morgan fingerprint density at radius 2 is 1.96 bits per heavy atom. The second-order valence-corrected chi connectivity index (χ2v) is 5.85. The summed E-state index contributed by atoms with van der Waals surface area (Å²) in [6.07, 6.45) is 5.39. The van der Waals surface area contributed by atoms with Crippen LogP contribution in [-0.2, 0) is 4.79 Å². The van der Waals surface area contributed by atoms with E-state index >= 15 is 0 Å². The van der Waals surface area contributed by atoms with Crippen LogP contribution in [0.15, 0.2) is 35.2 Å². The predicted molar refractivity (Wildman–Crippen MR) is 103 cm³/mol. The number of H-pyrrole nitrogens is 1. The van der Waals surface area contributed by atoms with Crippen LogP contribution in [0.1, 0.15) is 5.56 Å². The van der Waals surface area contributed by atoms with Crippen molar-refractivity contribution in [1.29, 1.82) is 0 Å². The van der Waals surface area contributed by atoms with E-state index in [2.05, 4.69) is 37.1 Å².